The zero-order valence-electron chi connectivity index (χ0n) is 3.98. The van der Waals surface area contributed by atoms with Crippen molar-refractivity contribution in [2.24, 2.45) is 0 Å². The van der Waals surface area contributed by atoms with Crippen LogP contribution in [0.5, 0.6) is 0 Å². The Labute approximate surface area is 40.3 Å². The summed E-state index contributed by atoms with van der Waals surface area (Å²) in [5.74, 6) is 0.546. The van der Waals surface area contributed by atoms with E-state index in [1.165, 1.54) is 25.7 Å². The number of rotatable bonds is 0. The van der Waals surface area contributed by atoms with Gasteiger partial charge >= 0.3 is 0 Å². The van der Waals surface area contributed by atoms with Crippen LogP contribution in [-0.4, -0.2) is 7.85 Å². The van der Waals surface area contributed by atoms with E-state index in [0.717, 1.165) is 0 Å². The van der Waals surface area contributed by atoms with Crippen LogP contribution in [0.25, 0.3) is 0 Å². The lowest BCUT2D eigenvalue weighted by molar-refractivity contribution is 0.880. The van der Waals surface area contributed by atoms with Crippen molar-refractivity contribution in [2.45, 2.75) is 31.5 Å². The van der Waals surface area contributed by atoms with Gasteiger partial charge in [-0.3, -0.25) is 0 Å². The van der Waals surface area contributed by atoms with Gasteiger partial charge in [0.1, 0.15) is 0 Å². The quantitative estimate of drug-likeness (QED) is 0.387. The fourth-order valence-electron chi connectivity index (χ4n) is 0.957. The van der Waals surface area contributed by atoms with Gasteiger partial charge < -0.3 is 0 Å². The highest BCUT2D eigenvalue weighted by molar-refractivity contribution is 6.11. The highest BCUT2D eigenvalue weighted by atomic mass is 14.1. The van der Waals surface area contributed by atoms with Crippen LogP contribution in [-0.2, 0) is 0 Å². The minimum Gasteiger partial charge on any atom is -0.0774 e. The van der Waals surface area contributed by atoms with E-state index in [1.54, 1.807) is 0 Å². The Morgan fingerprint density at radius 1 is 1.17 bits per heavy atom. The molecule has 0 N–H and O–H groups in total. The van der Waals surface area contributed by atoms with Crippen LogP contribution in [0.4, 0.5) is 0 Å². The summed E-state index contributed by atoms with van der Waals surface area (Å²) in [7, 11) is 5.53. The molecule has 0 atom stereocenters. The summed E-state index contributed by atoms with van der Waals surface area (Å²) in [5.41, 5.74) is 0. The molecule has 0 aliphatic heterocycles. The van der Waals surface area contributed by atoms with Crippen molar-refractivity contribution in [3.63, 3.8) is 0 Å². The highest BCUT2D eigenvalue weighted by Crippen LogP contribution is 2.26. The predicted octanol–water partition coefficient (Wildman–Crippen LogP) is 1.52. The Morgan fingerprint density at radius 3 is 1.83 bits per heavy atom. The molecule has 6 heavy (non-hydrogen) atoms. The Hall–Kier alpha value is 0.0649. The van der Waals surface area contributed by atoms with Crippen molar-refractivity contribution in [1.29, 1.82) is 0 Å². The van der Waals surface area contributed by atoms with Crippen LogP contribution in [0.15, 0.2) is 0 Å². The molecular weight excluding hydrogens is 70.9 g/mol. The minimum atomic E-state index is 0.546. The summed E-state index contributed by atoms with van der Waals surface area (Å²) in [5, 5.41) is 0. The van der Waals surface area contributed by atoms with E-state index in [1.807, 2.05) is 0 Å². The molecule has 1 aliphatic carbocycles. The van der Waals surface area contributed by atoms with Gasteiger partial charge in [-0.25, -0.2) is 0 Å². The molecule has 0 aromatic rings. The molecule has 0 bridgehead atoms. The van der Waals surface area contributed by atoms with Crippen molar-refractivity contribution in [3.05, 3.63) is 0 Å². The highest BCUT2D eigenvalue weighted by Gasteiger charge is 2.06. The molecule has 0 aromatic heterocycles. The minimum absolute atomic E-state index is 0.546. The Kier molecular flexibility index (Phi) is 1.18. The Balaban J connectivity index is 2.18. The topological polar surface area (TPSA) is 0 Å². The maximum Gasteiger partial charge on any atom is 0.0699 e. The van der Waals surface area contributed by atoms with Crippen LogP contribution in [0.2, 0.25) is 5.82 Å². The van der Waals surface area contributed by atoms with Gasteiger partial charge in [-0.2, -0.15) is 0 Å². The fraction of sp³-hybridized carbons (Fsp3) is 1.00. The molecule has 0 amide bonds. The van der Waals surface area contributed by atoms with E-state index in [-0.39, 0.29) is 0 Å². The smallest absolute Gasteiger partial charge is 0.0699 e. The summed E-state index contributed by atoms with van der Waals surface area (Å²) in [4.78, 5) is 0. The van der Waals surface area contributed by atoms with Gasteiger partial charge in [0, 0.05) is 0 Å². The molecule has 1 rings (SSSR count). The lowest BCUT2D eigenvalue weighted by atomic mass is 9.86. The van der Waals surface area contributed by atoms with Gasteiger partial charge in [0.15, 0.2) is 0 Å². The molecule has 0 aromatic carbocycles. The van der Waals surface area contributed by atoms with E-state index >= 15 is 0 Å². The van der Waals surface area contributed by atoms with E-state index < -0.39 is 0 Å². The van der Waals surface area contributed by atoms with E-state index in [4.69, 9.17) is 7.85 Å². The lowest BCUT2D eigenvalue weighted by Crippen LogP contribution is -1.77. The average Bonchev–Trinajstić information content (AvgIpc) is 1.86. The first-order chi connectivity index (χ1) is 2.89. The monoisotopic (exact) mass is 80.1 g/mol. The normalized spacial score (nSPS) is 25.3. The molecule has 1 aliphatic rings. The second-order valence-corrected chi connectivity index (χ2v) is 2.04. The van der Waals surface area contributed by atoms with Gasteiger partial charge in [-0.05, 0) is 0 Å². The van der Waals surface area contributed by atoms with E-state index in [0.29, 0.717) is 5.82 Å². The van der Waals surface area contributed by atoms with Gasteiger partial charge in [0.05, 0.1) is 7.85 Å². The third-order valence-corrected chi connectivity index (χ3v) is 1.40. The summed E-state index contributed by atoms with van der Waals surface area (Å²) in [6, 6.07) is 0. The first kappa shape index (κ1) is 4.23. The van der Waals surface area contributed by atoms with Crippen molar-refractivity contribution < 1.29 is 0 Å². The summed E-state index contributed by atoms with van der Waals surface area (Å²) in [6.07, 6.45) is 5.25. The van der Waals surface area contributed by atoms with Gasteiger partial charge in [-0.1, -0.05) is 31.5 Å². The van der Waals surface area contributed by atoms with E-state index in [2.05, 4.69) is 0 Å². The molecule has 0 saturated heterocycles. The maximum atomic E-state index is 5.53. The largest absolute Gasteiger partial charge is 0.0774 e. The molecule has 1 saturated carbocycles. The van der Waals surface area contributed by atoms with Gasteiger partial charge in [0.2, 0.25) is 0 Å². The van der Waals surface area contributed by atoms with Crippen LogP contribution in [0.3, 0.4) is 0 Å². The molecule has 1 fully saturated rings. The van der Waals surface area contributed by atoms with E-state index in [9.17, 15) is 0 Å². The van der Waals surface area contributed by atoms with Crippen LogP contribution in [0, 0.1) is 0 Å². The van der Waals surface area contributed by atoms with Crippen LogP contribution in [0.1, 0.15) is 25.7 Å². The first-order valence-electron chi connectivity index (χ1n) is 2.65. The summed E-state index contributed by atoms with van der Waals surface area (Å²) in [6.45, 7) is 0. The molecule has 0 heterocycles. The summed E-state index contributed by atoms with van der Waals surface area (Å²) < 4.78 is 0. The zero-order valence-corrected chi connectivity index (χ0v) is 3.98. The molecule has 1 heteroatoms. The average molecular weight is 79.9 g/mol. The fourth-order valence-corrected chi connectivity index (χ4v) is 0.957. The maximum absolute atomic E-state index is 5.53. The second-order valence-electron chi connectivity index (χ2n) is 2.04. The Morgan fingerprint density at radius 2 is 1.67 bits per heavy atom. The standard InChI is InChI=1S/C5H9B/c6-5-3-1-2-4-5/h5H,1-4H2. The van der Waals surface area contributed by atoms with Crippen molar-refractivity contribution in [3.8, 4) is 0 Å². The lowest BCUT2D eigenvalue weighted by Gasteiger charge is -1.91. The molecule has 32 valence electrons. The molecule has 0 unspecified atom stereocenters. The Bertz CT molecular complexity index is 37.2. The molecule has 0 nitrogen and oxygen atoms in total. The third-order valence-electron chi connectivity index (χ3n) is 1.40. The second kappa shape index (κ2) is 1.68. The van der Waals surface area contributed by atoms with Crippen molar-refractivity contribution in [1.82, 2.24) is 0 Å². The zero-order chi connectivity index (χ0) is 4.41. The first-order valence-corrected chi connectivity index (χ1v) is 2.65. The van der Waals surface area contributed by atoms with Crippen molar-refractivity contribution in [2.75, 3.05) is 0 Å². The number of hydrogen-bond donors (Lipinski definition) is 0. The van der Waals surface area contributed by atoms with Crippen LogP contribution >= 0.6 is 0 Å². The molecule has 0 spiro atoms. The molecule has 2 radical (unpaired) electrons. The molecular formula is C5H9B. The number of hydrogen-bond acceptors (Lipinski definition) is 0. The van der Waals surface area contributed by atoms with Crippen molar-refractivity contribution >= 4 is 7.85 Å². The van der Waals surface area contributed by atoms with Crippen LogP contribution < -0.4 is 0 Å². The van der Waals surface area contributed by atoms with Gasteiger partial charge in [-0.15, -0.1) is 0 Å². The predicted molar refractivity (Wildman–Crippen MR) is 28.0 cm³/mol. The third kappa shape index (κ3) is 0.765. The summed E-state index contributed by atoms with van der Waals surface area (Å²) >= 11 is 0. The SMILES string of the molecule is [B]C1CCCC1. The van der Waals surface area contributed by atoms with Gasteiger partial charge in [0.25, 0.3) is 0 Å².